The van der Waals surface area contributed by atoms with Crippen molar-refractivity contribution in [1.29, 1.82) is 0 Å². The largest absolute Gasteiger partial charge is 0.373 e. The second-order valence-corrected chi connectivity index (χ2v) is 5.17. The fourth-order valence-corrected chi connectivity index (χ4v) is 2.91. The van der Waals surface area contributed by atoms with Crippen LogP contribution in [0.25, 0.3) is 0 Å². The van der Waals surface area contributed by atoms with Crippen molar-refractivity contribution in [1.82, 2.24) is 9.97 Å². The average Bonchev–Trinajstić information content (AvgIpc) is 2.78. The van der Waals surface area contributed by atoms with Gasteiger partial charge in [0.05, 0.1) is 0 Å². The molecule has 5 nitrogen and oxygen atoms in total. The minimum absolute atomic E-state index is 0.299. The van der Waals surface area contributed by atoms with Crippen LogP contribution in [0, 0.1) is 0 Å². The maximum Gasteiger partial charge on any atom is 0.223 e. The average molecular weight is 239 g/mol. The van der Waals surface area contributed by atoms with Crippen molar-refractivity contribution in [3.63, 3.8) is 0 Å². The monoisotopic (exact) mass is 239 g/mol. The Balaban J connectivity index is 1.94. The van der Waals surface area contributed by atoms with E-state index in [1.807, 2.05) is 24.9 Å². The molecule has 1 fully saturated rings. The predicted molar refractivity (Wildman–Crippen MR) is 70.0 cm³/mol. The number of anilines is 3. The molecule has 1 aliphatic heterocycles. The highest BCUT2D eigenvalue weighted by atomic mass is 32.2. The number of nitrogens with two attached hydrogens (primary N) is 1. The molecule has 0 radical (unpaired) electrons. The summed E-state index contributed by atoms with van der Waals surface area (Å²) in [5, 5.41) is 6.97. The van der Waals surface area contributed by atoms with Crippen LogP contribution in [0.1, 0.15) is 12.8 Å². The van der Waals surface area contributed by atoms with E-state index in [0.29, 0.717) is 11.2 Å². The van der Waals surface area contributed by atoms with Gasteiger partial charge in [-0.2, -0.15) is 21.7 Å². The number of rotatable bonds is 4. The number of thioether (sulfide) groups is 1. The number of nitrogens with zero attached hydrogens (tertiary/aromatic N) is 2. The van der Waals surface area contributed by atoms with Gasteiger partial charge in [0.15, 0.2) is 0 Å². The standard InChI is InChI=1S/C10H17N5S/c1-12-8-5-9(15-10(11)14-8)13-6-7-3-2-4-16-7/h5,7H,2-4,6H2,1H3,(H4,11,12,13,14,15). The Morgan fingerprint density at radius 1 is 1.50 bits per heavy atom. The van der Waals surface area contributed by atoms with Gasteiger partial charge < -0.3 is 16.4 Å². The summed E-state index contributed by atoms with van der Waals surface area (Å²) in [6.45, 7) is 0.949. The molecule has 2 rings (SSSR count). The molecule has 0 amide bonds. The summed E-state index contributed by atoms with van der Waals surface area (Å²) in [6, 6.07) is 1.87. The zero-order chi connectivity index (χ0) is 11.4. The van der Waals surface area contributed by atoms with Crippen LogP contribution in [0.15, 0.2) is 6.07 Å². The van der Waals surface area contributed by atoms with E-state index in [9.17, 15) is 0 Å². The third-order valence-corrected chi connectivity index (χ3v) is 3.93. The SMILES string of the molecule is CNc1cc(NCC2CCCS2)nc(N)n1. The van der Waals surface area contributed by atoms with Gasteiger partial charge in [-0.3, -0.25) is 0 Å². The molecular weight excluding hydrogens is 222 g/mol. The third kappa shape index (κ3) is 2.91. The summed E-state index contributed by atoms with van der Waals surface area (Å²) in [7, 11) is 1.82. The molecule has 1 atom stereocenters. The summed E-state index contributed by atoms with van der Waals surface area (Å²) in [5.41, 5.74) is 5.61. The molecular formula is C10H17N5S. The van der Waals surface area contributed by atoms with E-state index in [1.165, 1.54) is 18.6 Å². The lowest BCUT2D eigenvalue weighted by Gasteiger charge is -2.11. The van der Waals surface area contributed by atoms with Crippen molar-refractivity contribution in [2.24, 2.45) is 0 Å². The molecule has 2 heterocycles. The highest BCUT2D eigenvalue weighted by molar-refractivity contribution is 8.00. The van der Waals surface area contributed by atoms with Crippen molar-refractivity contribution in [3.8, 4) is 0 Å². The number of hydrogen-bond acceptors (Lipinski definition) is 6. The van der Waals surface area contributed by atoms with Gasteiger partial charge in [-0.05, 0) is 18.6 Å². The summed E-state index contributed by atoms with van der Waals surface area (Å²) >= 11 is 2.02. The second-order valence-electron chi connectivity index (χ2n) is 3.76. The van der Waals surface area contributed by atoms with E-state index in [-0.39, 0.29) is 0 Å². The molecule has 0 aliphatic carbocycles. The lowest BCUT2D eigenvalue weighted by atomic mass is 10.2. The first-order valence-corrected chi connectivity index (χ1v) is 6.50. The van der Waals surface area contributed by atoms with E-state index < -0.39 is 0 Å². The minimum atomic E-state index is 0.299. The van der Waals surface area contributed by atoms with Crippen LogP contribution >= 0.6 is 11.8 Å². The van der Waals surface area contributed by atoms with Crippen LogP contribution in [-0.4, -0.2) is 34.6 Å². The number of hydrogen-bond donors (Lipinski definition) is 3. The highest BCUT2D eigenvalue weighted by Gasteiger charge is 2.15. The highest BCUT2D eigenvalue weighted by Crippen LogP contribution is 2.26. The van der Waals surface area contributed by atoms with Crippen LogP contribution in [0.5, 0.6) is 0 Å². The van der Waals surface area contributed by atoms with E-state index in [2.05, 4.69) is 20.6 Å². The molecule has 0 aromatic carbocycles. The predicted octanol–water partition coefficient (Wildman–Crippen LogP) is 1.41. The Morgan fingerprint density at radius 2 is 2.31 bits per heavy atom. The van der Waals surface area contributed by atoms with E-state index in [0.717, 1.165) is 18.2 Å². The molecule has 1 aromatic heterocycles. The molecule has 1 unspecified atom stereocenters. The molecule has 6 heteroatoms. The summed E-state index contributed by atoms with van der Waals surface area (Å²) in [5.74, 6) is 3.12. The van der Waals surface area contributed by atoms with E-state index in [4.69, 9.17) is 5.73 Å². The fourth-order valence-electron chi connectivity index (χ4n) is 1.71. The maximum absolute atomic E-state index is 5.61. The van der Waals surface area contributed by atoms with Gasteiger partial charge in [-0.15, -0.1) is 0 Å². The van der Waals surface area contributed by atoms with Crippen LogP contribution in [0.3, 0.4) is 0 Å². The Kier molecular flexibility index (Phi) is 3.71. The van der Waals surface area contributed by atoms with Crippen molar-refractivity contribution < 1.29 is 0 Å². The van der Waals surface area contributed by atoms with Crippen LogP contribution < -0.4 is 16.4 Å². The number of nitrogens with one attached hydrogen (secondary N) is 2. The Bertz CT molecular complexity index is 351. The topological polar surface area (TPSA) is 75.9 Å². The quantitative estimate of drug-likeness (QED) is 0.737. The summed E-state index contributed by atoms with van der Waals surface area (Å²) in [6.07, 6.45) is 2.61. The molecule has 16 heavy (non-hydrogen) atoms. The van der Waals surface area contributed by atoms with Gasteiger partial charge >= 0.3 is 0 Å². The van der Waals surface area contributed by atoms with Gasteiger partial charge in [0.25, 0.3) is 0 Å². The van der Waals surface area contributed by atoms with Crippen molar-refractivity contribution >= 4 is 29.3 Å². The van der Waals surface area contributed by atoms with Gasteiger partial charge in [-0.1, -0.05) is 0 Å². The lowest BCUT2D eigenvalue weighted by Crippen LogP contribution is -2.15. The molecule has 1 aromatic rings. The van der Waals surface area contributed by atoms with E-state index >= 15 is 0 Å². The maximum atomic E-state index is 5.61. The van der Waals surface area contributed by atoms with Gasteiger partial charge in [0.1, 0.15) is 11.6 Å². The van der Waals surface area contributed by atoms with Crippen molar-refractivity contribution in [2.75, 3.05) is 35.7 Å². The lowest BCUT2D eigenvalue weighted by molar-refractivity contribution is 0.803. The Hall–Kier alpha value is -1.17. The summed E-state index contributed by atoms with van der Waals surface area (Å²) < 4.78 is 0. The minimum Gasteiger partial charge on any atom is -0.373 e. The summed E-state index contributed by atoms with van der Waals surface area (Å²) in [4.78, 5) is 8.19. The molecule has 1 saturated heterocycles. The Morgan fingerprint density at radius 3 is 3.00 bits per heavy atom. The first-order valence-electron chi connectivity index (χ1n) is 5.45. The van der Waals surface area contributed by atoms with Gasteiger partial charge in [0, 0.05) is 24.9 Å². The van der Waals surface area contributed by atoms with Crippen LogP contribution in [0.4, 0.5) is 17.6 Å². The molecule has 4 N–H and O–H groups in total. The normalized spacial score (nSPS) is 19.7. The molecule has 0 saturated carbocycles. The van der Waals surface area contributed by atoms with Crippen molar-refractivity contribution in [3.05, 3.63) is 6.07 Å². The Labute approximate surface area is 99.6 Å². The van der Waals surface area contributed by atoms with E-state index in [1.54, 1.807) is 0 Å². The second kappa shape index (κ2) is 5.25. The number of nitrogen functional groups attached to an aromatic ring is 1. The first-order chi connectivity index (χ1) is 7.78. The van der Waals surface area contributed by atoms with Crippen LogP contribution in [0.2, 0.25) is 0 Å². The van der Waals surface area contributed by atoms with Gasteiger partial charge in [0.2, 0.25) is 5.95 Å². The third-order valence-electron chi connectivity index (χ3n) is 2.53. The first kappa shape index (κ1) is 11.3. The molecule has 0 spiro atoms. The number of aromatic nitrogens is 2. The fraction of sp³-hybridized carbons (Fsp3) is 0.600. The molecule has 88 valence electrons. The molecule has 1 aliphatic rings. The smallest absolute Gasteiger partial charge is 0.223 e. The van der Waals surface area contributed by atoms with Crippen molar-refractivity contribution in [2.45, 2.75) is 18.1 Å². The van der Waals surface area contributed by atoms with Crippen LogP contribution in [-0.2, 0) is 0 Å². The molecule has 0 bridgehead atoms. The van der Waals surface area contributed by atoms with Gasteiger partial charge in [-0.25, -0.2) is 0 Å². The zero-order valence-electron chi connectivity index (χ0n) is 9.36. The zero-order valence-corrected chi connectivity index (χ0v) is 10.2.